The maximum absolute atomic E-state index is 12.4. The highest BCUT2D eigenvalue weighted by Gasteiger charge is 2.29. The first-order chi connectivity index (χ1) is 10.6. The fraction of sp³-hybridized carbons (Fsp3) is 0.500. The number of para-hydroxylation sites is 1. The Morgan fingerprint density at radius 3 is 2.87 bits per heavy atom. The monoisotopic (exact) mass is 339 g/mol. The Kier molecular flexibility index (Phi) is 5.98. The van der Waals surface area contributed by atoms with Crippen LogP contribution in [0.25, 0.3) is 0 Å². The maximum Gasteiger partial charge on any atom is 0.246 e. The lowest BCUT2D eigenvalue weighted by atomic mass is 10.0. The number of β-amino-alcohol motifs (C(OH)–C–C–N with tert-alkyl or cyclic N) is 1. The van der Waals surface area contributed by atoms with Crippen LogP contribution in [0.15, 0.2) is 24.3 Å². The summed E-state index contributed by atoms with van der Waals surface area (Å²) in [5.74, 6) is -0.325. The first kappa shape index (κ1) is 17.7. The molecule has 3 rings (SSSR count). The van der Waals surface area contributed by atoms with Crippen molar-refractivity contribution < 1.29 is 14.7 Å². The molecule has 2 amide bonds. The Morgan fingerprint density at radius 2 is 2.13 bits per heavy atom. The molecular formula is C16H22ClN3O3. The zero-order valence-corrected chi connectivity index (χ0v) is 13.6. The summed E-state index contributed by atoms with van der Waals surface area (Å²) in [6, 6.07) is 7.48. The summed E-state index contributed by atoms with van der Waals surface area (Å²) in [5, 5.41) is 15.0. The van der Waals surface area contributed by atoms with Crippen LogP contribution in [0.1, 0.15) is 18.4 Å². The third kappa shape index (κ3) is 4.02. The van der Waals surface area contributed by atoms with Gasteiger partial charge in [0, 0.05) is 18.8 Å². The molecule has 1 fully saturated rings. The van der Waals surface area contributed by atoms with Gasteiger partial charge in [-0.25, -0.2) is 0 Å². The molecule has 6 nitrogen and oxygen atoms in total. The van der Waals surface area contributed by atoms with Crippen LogP contribution in [0.2, 0.25) is 0 Å². The number of aliphatic hydroxyl groups is 1. The number of amides is 2. The van der Waals surface area contributed by atoms with E-state index in [0.29, 0.717) is 19.5 Å². The molecule has 2 aliphatic heterocycles. The number of nitrogens with zero attached hydrogens (tertiary/aromatic N) is 1. The van der Waals surface area contributed by atoms with E-state index in [0.717, 1.165) is 18.5 Å². The number of nitrogens with one attached hydrogen (secondary N) is 2. The van der Waals surface area contributed by atoms with E-state index in [1.165, 1.54) is 5.56 Å². The lowest BCUT2D eigenvalue weighted by Crippen LogP contribution is -2.47. The summed E-state index contributed by atoms with van der Waals surface area (Å²) in [4.78, 5) is 26.1. The molecule has 0 bridgehead atoms. The van der Waals surface area contributed by atoms with Gasteiger partial charge in [0.15, 0.2) is 0 Å². The van der Waals surface area contributed by atoms with Gasteiger partial charge in [0.25, 0.3) is 0 Å². The third-order valence-electron chi connectivity index (χ3n) is 4.25. The van der Waals surface area contributed by atoms with Crippen LogP contribution in [-0.2, 0) is 16.0 Å². The molecule has 3 N–H and O–H groups in total. The quantitative estimate of drug-likeness (QED) is 0.736. The number of rotatable bonds is 3. The number of aryl methyl sites for hydroxylation is 1. The number of aliphatic hydroxyl groups excluding tert-OH is 1. The normalized spacial score (nSPS) is 22.9. The fourth-order valence-electron chi connectivity index (χ4n) is 3.09. The van der Waals surface area contributed by atoms with Crippen molar-refractivity contribution in [2.24, 2.45) is 0 Å². The van der Waals surface area contributed by atoms with E-state index in [2.05, 4.69) is 10.6 Å². The van der Waals surface area contributed by atoms with Gasteiger partial charge < -0.3 is 20.6 Å². The predicted molar refractivity (Wildman–Crippen MR) is 89.8 cm³/mol. The van der Waals surface area contributed by atoms with Gasteiger partial charge in [-0.1, -0.05) is 18.2 Å². The molecule has 2 heterocycles. The minimum atomic E-state index is -0.486. The summed E-state index contributed by atoms with van der Waals surface area (Å²) < 4.78 is 0. The van der Waals surface area contributed by atoms with Gasteiger partial charge in [0.05, 0.1) is 18.7 Å². The van der Waals surface area contributed by atoms with Crippen LogP contribution in [0, 0.1) is 0 Å². The summed E-state index contributed by atoms with van der Waals surface area (Å²) in [5.41, 5.74) is 2.12. The van der Waals surface area contributed by atoms with E-state index in [1.54, 1.807) is 4.90 Å². The van der Waals surface area contributed by atoms with Crippen LogP contribution < -0.4 is 15.5 Å². The van der Waals surface area contributed by atoms with Crippen molar-refractivity contribution in [3.8, 4) is 0 Å². The van der Waals surface area contributed by atoms with Crippen LogP contribution in [-0.4, -0.2) is 48.7 Å². The van der Waals surface area contributed by atoms with Gasteiger partial charge >= 0.3 is 0 Å². The highest BCUT2D eigenvalue weighted by molar-refractivity contribution is 5.98. The van der Waals surface area contributed by atoms with Crippen LogP contribution in [0.5, 0.6) is 0 Å². The van der Waals surface area contributed by atoms with Crippen molar-refractivity contribution >= 4 is 29.9 Å². The number of fused-ring (bicyclic) bond motifs is 1. The highest BCUT2D eigenvalue weighted by Crippen LogP contribution is 2.26. The molecule has 0 spiro atoms. The van der Waals surface area contributed by atoms with Crippen LogP contribution in [0.4, 0.5) is 5.69 Å². The Bertz CT molecular complexity index is 581. The highest BCUT2D eigenvalue weighted by atomic mass is 35.5. The molecule has 7 heteroatoms. The number of hydrogen-bond donors (Lipinski definition) is 3. The topological polar surface area (TPSA) is 81.7 Å². The molecular weight excluding hydrogens is 318 g/mol. The van der Waals surface area contributed by atoms with Gasteiger partial charge in [0.2, 0.25) is 11.8 Å². The van der Waals surface area contributed by atoms with Gasteiger partial charge in [-0.15, -0.1) is 12.4 Å². The molecule has 0 saturated carbocycles. The molecule has 2 atom stereocenters. The lowest BCUT2D eigenvalue weighted by molar-refractivity contribution is -0.126. The van der Waals surface area contributed by atoms with E-state index >= 15 is 0 Å². The molecule has 23 heavy (non-hydrogen) atoms. The van der Waals surface area contributed by atoms with Crippen LogP contribution >= 0.6 is 12.4 Å². The molecule has 1 aromatic carbocycles. The van der Waals surface area contributed by atoms with Crippen molar-refractivity contribution in [1.82, 2.24) is 10.6 Å². The number of halogens is 1. The van der Waals surface area contributed by atoms with Crippen LogP contribution in [0.3, 0.4) is 0 Å². The van der Waals surface area contributed by atoms with E-state index in [9.17, 15) is 14.7 Å². The second-order valence-electron chi connectivity index (χ2n) is 5.85. The van der Waals surface area contributed by atoms with E-state index < -0.39 is 12.1 Å². The second-order valence-corrected chi connectivity index (χ2v) is 5.85. The molecule has 0 aliphatic carbocycles. The predicted octanol–water partition coefficient (Wildman–Crippen LogP) is 0.227. The first-order valence-electron chi connectivity index (χ1n) is 7.72. The average Bonchev–Trinajstić information content (AvgIpc) is 2.98. The average molecular weight is 340 g/mol. The Hall–Kier alpha value is -1.63. The SMILES string of the molecule is Cl.O=C(NCC(=O)N1CCCc2ccccc21)C1CC(O)CN1. The van der Waals surface area contributed by atoms with E-state index in [-0.39, 0.29) is 30.8 Å². The fourth-order valence-corrected chi connectivity index (χ4v) is 3.09. The van der Waals surface area contributed by atoms with Gasteiger partial charge in [0.1, 0.15) is 0 Å². The van der Waals surface area contributed by atoms with Gasteiger partial charge in [-0.05, 0) is 30.9 Å². The number of hydrogen-bond acceptors (Lipinski definition) is 4. The Labute approximate surface area is 141 Å². The van der Waals surface area contributed by atoms with Crippen molar-refractivity contribution in [1.29, 1.82) is 0 Å². The largest absolute Gasteiger partial charge is 0.392 e. The summed E-state index contributed by atoms with van der Waals surface area (Å²) in [6.45, 7) is 1.10. The summed E-state index contributed by atoms with van der Waals surface area (Å²) in [6.07, 6.45) is 1.83. The standard InChI is InChI=1S/C16H21N3O3.ClH/c20-12-8-13(17-9-12)16(22)18-10-15(21)19-7-3-5-11-4-1-2-6-14(11)19;/h1-2,4,6,12-13,17,20H,3,5,7-10H2,(H,18,22);1H. The maximum atomic E-state index is 12.4. The molecule has 126 valence electrons. The second kappa shape index (κ2) is 7.77. The lowest BCUT2D eigenvalue weighted by Gasteiger charge is -2.29. The summed E-state index contributed by atoms with van der Waals surface area (Å²) in [7, 11) is 0. The van der Waals surface area contributed by atoms with Gasteiger partial charge in [-0.3, -0.25) is 9.59 Å². The molecule has 2 unspecified atom stereocenters. The zero-order chi connectivity index (χ0) is 15.5. The Balaban J connectivity index is 0.00000192. The van der Waals surface area contributed by atoms with Crippen molar-refractivity contribution in [2.45, 2.75) is 31.4 Å². The minimum absolute atomic E-state index is 0. The number of carbonyl (C=O) groups is 2. The van der Waals surface area contributed by atoms with E-state index in [1.807, 2.05) is 24.3 Å². The van der Waals surface area contributed by atoms with Gasteiger partial charge in [-0.2, -0.15) is 0 Å². The first-order valence-corrected chi connectivity index (χ1v) is 7.72. The molecule has 0 aromatic heterocycles. The van der Waals surface area contributed by atoms with Crippen molar-refractivity contribution in [3.63, 3.8) is 0 Å². The number of anilines is 1. The summed E-state index contributed by atoms with van der Waals surface area (Å²) >= 11 is 0. The molecule has 1 aromatic rings. The molecule has 0 radical (unpaired) electrons. The van der Waals surface area contributed by atoms with Crippen molar-refractivity contribution in [3.05, 3.63) is 29.8 Å². The number of benzene rings is 1. The minimum Gasteiger partial charge on any atom is -0.392 e. The zero-order valence-electron chi connectivity index (χ0n) is 12.8. The smallest absolute Gasteiger partial charge is 0.246 e. The number of carbonyl (C=O) groups excluding carboxylic acids is 2. The Morgan fingerprint density at radius 1 is 1.35 bits per heavy atom. The third-order valence-corrected chi connectivity index (χ3v) is 4.25. The van der Waals surface area contributed by atoms with Crippen molar-refractivity contribution in [2.75, 3.05) is 24.5 Å². The van der Waals surface area contributed by atoms with E-state index in [4.69, 9.17) is 0 Å². The molecule has 1 saturated heterocycles. The molecule has 2 aliphatic rings.